The second kappa shape index (κ2) is 9.01. The summed E-state index contributed by atoms with van der Waals surface area (Å²) in [7, 11) is -2.66. The van der Waals surface area contributed by atoms with Gasteiger partial charge in [0.1, 0.15) is 17.6 Å². The number of alkyl halides is 3. The van der Waals surface area contributed by atoms with E-state index in [-0.39, 0.29) is 32.7 Å². The number of nitrogens with zero attached hydrogens (tertiary/aromatic N) is 4. The number of halogens is 4. The molecule has 2 aromatic heterocycles. The number of sulfonamides is 1. The second-order valence-corrected chi connectivity index (χ2v) is 9.66. The van der Waals surface area contributed by atoms with Crippen molar-refractivity contribution in [3.05, 3.63) is 71.1 Å². The molecule has 0 spiro atoms. The average Bonchev–Trinajstić information content (AvgIpc) is 3.40. The van der Waals surface area contributed by atoms with Crippen LogP contribution in [-0.4, -0.2) is 23.2 Å². The van der Waals surface area contributed by atoms with Gasteiger partial charge in [0.2, 0.25) is 0 Å². The lowest BCUT2D eigenvalue weighted by Crippen LogP contribution is -2.13. The van der Waals surface area contributed by atoms with Crippen LogP contribution < -0.4 is 9.46 Å². The zero-order chi connectivity index (χ0) is 25.4. The van der Waals surface area contributed by atoms with Crippen molar-refractivity contribution in [1.82, 2.24) is 14.8 Å². The maximum absolute atomic E-state index is 13.3. The minimum Gasteiger partial charge on any atom is -0.455 e. The number of aromatic nitrogens is 3. The van der Waals surface area contributed by atoms with Crippen molar-refractivity contribution in [3.8, 4) is 28.8 Å². The maximum atomic E-state index is 13.3. The lowest BCUT2D eigenvalue weighted by Gasteiger charge is -2.16. The predicted molar refractivity (Wildman–Crippen MR) is 118 cm³/mol. The van der Waals surface area contributed by atoms with E-state index in [9.17, 15) is 31.2 Å². The highest BCUT2D eigenvalue weighted by Crippen LogP contribution is 2.39. The first-order valence-electron chi connectivity index (χ1n) is 9.54. The quantitative estimate of drug-likeness (QED) is 0.350. The predicted octanol–water partition coefficient (Wildman–Crippen LogP) is 5.17. The summed E-state index contributed by atoms with van der Waals surface area (Å²) in [6.07, 6.45) is -2.35. The van der Waals surface area contributed by atoms with E-state index in [2.05, 4.69) is 14.8 Å². The molecule has 4 rings (SSSR count). The Morgan fingerprint density at radius 3 is 2.49 bits per heavy atom. The third-order valence-electron chi connectivity index (χ3n) is 4.70. The van der Waals surface area contributed by atoms with E-state index in [4.69, 9.17) is 4.74 Å². The molecule has 0 radical (unpaired) electrons. The summed E-state index contributed by atoms with van der Waals surface area (Å²) < 4.78 is 87.5. The van der Waals surface area contributed by atoms with Gasteiger partial charge in [0.25, 0.3) is 10.0 Å². The number of thiazole rings is 1. The van der Waals surface area contributed by atoms with Gasteiger partial charge >= 0.3 is 6.18 Å². The van der Waals surface area contributed by atoms with Gasteiger partial charge in [-0.05, 0) is 42.5 Å². The number of hydrogen-bond acceptors (Lipinski definition) is 7. The molecule has 2 aromatic carbocycles. The highest BCUT2D eigenvalue weighted by atomic mass is 32.2. The van der Waals surface area contributed by atoms with Crippen LogP contribution in [0.2, 0.25) is 0 Å². The molecule has 0 aliphatic heterocycles. The fourth-order valence-electron chi connectivity index (χ4n) is 3.08. The van der Waals surface area contributed by atoms with Crippen LogP contribution in [0.15, 0.2) is 59.8 Å². The first-order chi connectivity index (χ1) is 16.5. The lowest BCUT2D eigenvalue weighted by molar-refractivity contribution is -0.137. The molecule has 0 bridgehead atoms. The van der Waals surface area contributed by atoms with Gasteiger partial charge in [-0.2, -0.15) is 27.9 Å². The van der Waals surface area contributed by atoms with Crippen molar-refractivity contribution in [2.24, 2.45) is 7.05 Å². The molecule has 0 saturated heterocycles. The van der Waals surface area contributed by atoms with Gasteiger partial charge in [-0.25, -0.2) is 13.4 Å². The summed E-state index contributed by atoms with van der Waals surface area (Å²) >= 11 is 0.483. The molecule has 2 heterocycles. The van der Waals surface area contributed by atoms with Crippen molar-refractivity contribution in [3.63, 3.8) is 0 Å². The third-order valence-corrected chi connectivity index (χ3v) is 6.87. The van der Waals surface area contributed by atoms with Crippen molar-refractivity contribution in [2.75, 3.05) is 4.72 Å². The van der Waals surface area contributed by atoms with Crippen LogP contribution in [0.1, 0.15) is 11.1 Å². The van der Waals surface area contributed by atoms with E-state index in [0.717, 1.165) is 36.5 Å². The minimum absolute atomic E-state index is 0.00917. The van der Waals surface area contributed by atoms with Crippen LogP contribution in [0, 0.1) is 16.5 Å². The fraction of sp³-hybridized carbons (Fsp3) is 0.0952. The Bertz CT molecular complexity index is 1560. The van der Waals surface area contributed by atoms with Gasteiger partial charge < -0.3 is 4.74 Å². The van der Waals surface area contributed by atoms with E-state index in [1.54, 1.807) is 7.05 Å². The molecular formula is C21H13F4N5O3S2. The molecule has 8 nitrogen and oxygen atoms in total. The SMILES string of the molecule is Cn1nccc1-c1cc(C(F)(F)F)ccc1Oc1ccc(S(=O)(=O)Nc2ncc(F)s2)cc1C#N. The molecular weight excluding hydrogens is 510 g/mol. The number of nitrogens with one attached hydrogen (secondary N) is 1. The molecule has 14 heteroatoms. The van der Waals surface area contributed by atoms with Gasteiger partial charge in [-0.15, -0.1) is 0 Å². The molecule has 1 N–H and O–H groups in total. The Morgan fingerprint density at radius 2 is 1.89 bits per heavy atom. The average molecular weight is 523 g/mol. The number of ether oxygens (including phenoxy) is 1. The zero-order valence-corrected chi connectivity index (χ0v) is 19.2. The van der Waals surface area contributed by atoms with Crippen LogP contribution in [0.3, 0.4) is 0 Å². The number of aryl methyl sites for hydroxylation is 1. The first kappa shape index (κ1) is 24.2. The molecule has 0 saturated carbocycles. The molecule has 0 aliphatic rings. The Morgan fingerprint density at radius 1 is 1.14 bits per heavy atom. The van der Waals surface area contributed by atoms with E-state index >= 15 is 0 Å². The zero-order valence-electron chi connectivity index (χ0n) is 17.5. The summed E-state index contributed by atoms with van der Waals surface area (Å²) in [5.74, 6) is -0.0972. The number of benzene rings is 2. The Labute approximate surface area is 200 Å². The fourth-order valence-corrected chi connectivity index (χ4v) is 4.89. The van der Waals surface area contributed by atoms with Gasteiger partial charge in [0, 0.05) is 18.8 Å². The van der Waals surface area contributed by atoms with Crippen LogP contribution in [0.4, 0.5) is 22.7 Å². The largest absolute Gasteiger partial charge is 0.455 e. The summed E-state index contributed by atoms with van der Waals surface area (Å²) in [6, 6.07) is 9.49. The smallest absolute Gasteiger partial charge is 0.416 e. The van der Waals surface area contributed by atoms with E-state index in [0.29, 0.717) is 17.0 Å². The molecule has 0 aliphatic carbocycles. The summed E-state index contributed by atoms with van der Waals surface area (Å²) in [5.41, 5.74) is -0.724. The Balaban J connectivity index is 1.72. The summed E-state index contributed by atoms with van der Waals surface area (Å²) in [6.45, 7) is 0. The lowest BCUT2D eigenvalue weighted by atomic mass is 10.1. The van der Waals surface area contributed by atoms with Crippen molar-refractivity contribution in [1.29, 1.82) is 5.26 Å². The minimum atomic E-state index is -4.60. The molecule has 35 heavy (non-hydrogen) atoms. The first-order valence-corrected chi connectivity index (χ1v) is 11.8. The molecule has 0 fully saturated rings. The van der Waals surface area contributed by atoms with Crippen molar-refractivity contribution in [2.45, 2.75) is 11.1 Å². The van der Waals surface area contributed by atoms with E-state index in [1.807, 2.05) is 6.07 Å². The maximum Gasteiger partial charge on any atom is 0.416 e. The summed E-state index contributed by atoms with van der Waals surface area (Å²) in [4.78, 5) is 3.26. The normalized spacial score (nSPS) is 11.8. The molecule has 4 aromatic rings. The van der Waals surface area contributed by atoms with Crippen LogP contribution in [0.5, 0.6) is 11.5 Å². The van der Waals surface area contributed by atoms with Gasteiger partial charge in [0.15, 0.2) is 10.3 Å². The van der Waals surface area contributed by atoms with Crippen molar-refractivity contribution >= 4 is 26.5 Å². The molecule has 0 unspecified atom stereocenters. The monoisotopic (exact) mass is 523 g/mol. The van der Waals surface area contributed by atoms with Crippen molar-refractivity contribution < 1.29 is 30.7 Å². The van der Waals surface area contributed by atoms with Crippen LogP contribution >= 0.6 is 11.3 Å². The van der Waals surface area contributed by atoms with E-state index in [1.165, 1.54) is 23.0 Å². The van der Waals surface area contributed by atoms with Crippen LogP contribution in [0.25, 0.3) is 11.3 Å². The highest BCUT2D eigenvalue weighted by molar-refractivity contribution is 7.93. The van der Waals surface area contributed by atoms with E-state index < -0.39 is 26.9 Å². The molecule has 0 amide bonds. The number of anilines is 1. The Kier molecular flexibility index (Phi) is 6.22. The Hall–Kier alpha value is -3.96. The topological polar surface area (TPSA) is 110 Å². The number of nitriles is 1. The molecule has 0 atom stereocenters. The van der Waals surface area contributed by atoms with Gasteiger partial charge in [-0.3, -0.25) is 9.40 Å². The highest BCUT2D eigenvalue weighted by Gasteiger charge is 2.32. The summed E-state index contributed by atoms with van der Waals surface area (Å²) in [5, 5.41) is 12.6. The second-order valence-electron chi connectivity index (χ2n) is 7.00. The third kappa shape index (κ3) is 5.10. The standard InChI is InChI=1S/C21H13F4N5O3S2/c1-30-16(6-7-28-30)15-9-13(21(23,24)25)2-4-18(15)33-17-5-3-14(8-12(17)10-26)35(31,32)29-20-27-11-19(22)34-20/h2-9,11H,1H3,(H,27,29). The van der Waals surface area contributed by atoms with Crippen LogP contribution in [-0.2, 0) is 23.2 Å². The van der Waals surface area contributed by atoms with Gasteiger partial charge in [-0.1, -0.05) is 11.3 Å². The number of hydrogen-bond donors (Lipinski definition) is 1. The molecule has 180 valence electrons. The number of rotatable bonds is 6. The van der Waals surface area contributed by atoms with Gasteiger partial charge in [0.05, 0.1) is 27.9 Å².